The molecule has 4 nitrogen and oxygen atoms in total. The predicted molar refractivity (Wildman–Crippen MR) is 65.5 cm³/mol. The van der Waals surface area contributed by atoms with Gasteiger partial charge in [-0.3, -0.25) is 0 Å². The van der Waals surface area contributed by atoms with Gasteiger partial charge in [-0.1, -0.05) is 6.42 Å². The number of likely N-dealkylation sites (tertiary alicyclic amines) is 1. The van der Waals surface area contributed by atoms with E-state index in [0.717, 1.165) is 17.9 Å². The van der Waals surface area contributed by atoms with Gasteiger partial charge in [-0.15, -0.1) is 5.10 Å². The van der Waals surface area contributed by atoms with Gasteiger partial charge in [0.2, 0.25) is 0 Å². The predicted octanol–water partition coefficient (Wildman–Crippen LogP) is 1.68. The summed E-state index contributed by atoms with van der Waals surface area (Å²) in [4.78, 5) is 2.43. The molecule has 1 aliphatic heterocycles. The highest BCUT2D eigenvalue weighted by atomic mass is 15.2. The summed E-state index contributed by atoms with van der Waals surface area (Å²) in [7, 11) is 2.20. The van der Waals surface area contributed by atoms with Crippen LogP contribution < -0.4 is 5.32 Å². The Labute approximate surface area is 97.1 Å². The Morgan fingerprint density at radius 2 is 2.38 bits per heavy atom. The quantitative estimate of drug-likeness (QED) is 0.841. The Balaban J connectivity index is 1.86. The summed E-state index contributed by atoms with van der Waals surface area (Å²) < 4.78 is 0. The smallest absolute Gasteiger partial charge is 0.148 e. The van der Waals surface area contributed by atoms with E-state index in [1.54, 1.807) is 6.20 Å². The summed E-state index contributed by atoms with van der Waals surface area (Å²) in [5.41, 5.74) is 1.15. The second kappa shape index (κ2) is 5.25. The third kappa shape index (κ3) is 2.92. The fourth-order valence-electron chi connectivity index (χ4n) is 2.17. The zero-order valence-electron chi connectivity index (χ0n) is 10.1. The molecule has 16 heavy (non-hydrogen) atoms. The Hall–Kier alpha value is -1.16. The molecule has 2 heterocycles. The van der Waals surface area contributed by atoms with Gasteiger partial charge in [0.25, 0.3) is 0 Å². The summed E-state index contributed by atoms with van der Waals surface area (Å²) in [6.45, 7) is 4.22. The largest absolute Gasteiger partial charge is 0.367 e. The Kier molecular flexibility index (Phi) is 3.72. The molecule has 4 heteroatoms. The molecule has 0 bridgehead atoms. The van der Waals surface area contributed by atoms with Crippen LogP contribution in [0.25, 0.3) is 0 Å². The van der Waals surface area contributed by atoms with Crippen molar-refractivity contribution in [1.29, 1.82) is 0 Å². The molecule has 0 saturated carbocycles. The fraction of sp³-hybridized carbons (Fsp3) is 0.667. The third-order valence-corrected chi connectivity index (χ3v) is 3.23. The van der Waals surface area contributed by atoms with Gasteiger partial charge in [-0.05, 0) is 45.0 Å². The van der Waals surface area contributed by atoms with Crippen LogP contribution in [-0.2, 0) is 0 Å². The molecule has 0 amide bonds. The van der Waals surface area contributed by atoms with Crippen molar-refractivity contribution < 1.29 is 0 Å². The van der Waals surface area contributed by atoms with E-state index < -0.39 is 0 Å². The molecule has 1 N–H and O–H groups in total. The van der Waals surface area contributed by atoms with Crippen LogP contribution in [0.3, 0.4) is 0 Å². The van der Waals surface area contributed by atoms with Crippen LogP contribution in [-0.4, -0.2) is 41.3 Å². The normalized spacial score (nSPS) is 22.0. The second-order valence-corrected chi connectivity index (χ2v) is 4.63. The Bertz CT molecular complexity index is 340. The van der Waals surface area contributed by atoms with Gasteiger partial charge in [0.15, 0.2) is 0 Å². The molecule has 1 fully saturated rings. The summed E-state index contributed by atoms with van der Waals surface area (Å²) in [6, 6.07) is 2.67. The first-order valence-corrected chi connectivity index (χ1v) is 5.99. The van der Waals surface area contributed by atoms with E-state index in [1.165, 1.54) is 25.8 Å². The molecule has 1 unspecified atom stereocenters. The first kappa shape index (κ1) is 11.3. The van der Waals surface area contributed by atoms with Crippen molar-refractivity contribution in [2.24, 2.45) is 0 Å². The molecule has 1 aromatic rings. The number of rotatable bonds is 3. The Morgan fingerprint density at radius 3 is 3.12 bits per heavy atom. The average Bonchev–Trinajstić information content (AvgIpc) is 2.28. The van der Waals surface area contributed by atoms with E-state index in [1.807, 2.05) is 13.0 Å². The number of nitrogens with one attached hydrogen (secondary N) is 1. The lowest BCUT2D eigenvalue weighted by Crippen LogP contribution is -2.40. The minimum atomic E-state index is 0.635. The lowest BCUT2D eigenvalue weighted by Gasteiger charge is -2.32. The number of likely N-dealkylation sites (N-methyl/N-ethyl adjacent to an activating group) is 1. The van der Waals surface area contributed by atoms with Crippen LogP contribution in [0.1, 0.15) is 24.8 Å². The molecular formula is C12H20N4. The molecule has 2 rings (SSSR count). The van der Waals surface area contributed by atoms with Crippen LogP contribution in [0.5, 0.6) is 0 Å². The van der Waals surface area contributed by atoms with Crippen molar-refractivity contribution in [1.82, 2.24) is 15.1 Å². The highest BCUT2D eigenvalue weighted by Crippen LogP contribution is 2.15. The van der Waals surface area contributed by atoms with Gasteiger partial charge < -0.3 is 10.2 Å². The number of anilines is 1. The zero-order valence-corrected chi connectivity index (χ0v) is 10.1. The Morgan fingerprint density at radius 1 is 1.50 bits per heavy atom. The third-order valence-electron chi connectivity index (χ3n) is 3.23. The van der Waals surface area contributed by atoms with Gasteiger partial charge in [0.05, 0.1) is 6.20 Å². The fourth-order valence-corrected chi connectivity index (χ4v) is 2.17. The maximum Gasteiger partial charge on any atom is 0.148 e. The van der Waals surface area contributed by atoms with E-state index in [9.17, 15) is 0 Å². The van der Waals surface area contributed by atoms with Crippen LogP contribution >= 0.6 is 0 Å². The average molecular weight is 220 g/mol. The minimum absolute atomic E-state index is 0.635. The molecule has 88 valence electrons. The summed E-state index contributed by atoms with van der Waals surface area (Å²) >= 11 is 0. The van der Waals surface area contributed by atoms with Gasteiger partial charge >= 0.3 is 0 Å². The van der Waals surface area contributed by atoms with Crippen LogP contribution in [0.15, 0.2) is 12.3 Å². The van der Waals surface area contributed by atoms with E-state index in [0.29, 0.717) is 6.04 Å². The molecule has 1 aromatic heterocycles. The zero-order chi connectivity index (χ0) is 11.4. The number of piperidine rings is 1. The maximum atomic E-state index is 4.07. The maximum absolute atomic E-state index is 4.07. The summed E-state index contributed by atoms with van der Waals surface area (Å²) in [5.74, 6) is 0.888. The molecule has 0 radical (unpaired) electrons. The SMILES string of the molecule is Cc1cnnc(NCC2CCCCN2C)c1. The van der Waals surface area contributed by atoms with Gasteiger partial charge in [-0.25, -0.2) is 0 Å². The number of aryl methyl sites for hydroxylation is 1. The van der Waals surface area contributed by atoms with Crippen LogP contribution in [0.4, 0.5) is 5.82 Å². The van der Waals surface area contributed by atoms with E-state index >= 15 is 0 Å². The summed E-state index contributed by atoms with van der Waals surface area (Å²) in [6.07, 6.45) is 5.73. The van der Waals surface area contributed by atoms with E-state index in [-0.39, 0.29) is 0 Å². The van der Waals surface area contributed by atoms with Gasteiger partial charge in [-0.2, -0.15) is 5.10 Å². The highest BCUT2D eigenvalue weighted by molar-refractivity contribution is 5.35. The minimum Gasteiger partial charge on any atom is -0.367 e. The molecular weight excluding hydrogens is 200 g/mol. The highest BCUT2D eigenvalue weighted by Gasteiger charge is 2.18. The standard InChI is InChI=1S/C12H20N4/c1-10-7-12(15-14-8-10)13-9-11-5-3-4-6-16(11)2/h7-8,11H,3-6,9H2,1-2H3,(H,13,15). The van der Waals surface area contributed by atoms with Crippen molar-refractivity contribution in [3.8, 4) is 0 Å². The molecule has 1 saturated heterocycles. The van der Waals surface area contributed by atoms with Gasteiger partial charge in [0.1, 0.15) is 5.82 Å². The van der Waals surface area contributed by atoms with Crippen molar-refractivity contribution in [3.63, 3.8) is 0 Å². The lowest BCUT2D eigenvalue weighted by atomic mass is 10.0. The van der Waals surface area contributed by atoms with Crippen molar-refractivity contribution in [3.05, 3.63) is 17.8 Å². The topological polar surface area (TPSA) is 41.1 Å². The molecule has 0 aliphatic carbocycles. The summed E-state index contributed by atoms with van der Waals surface area (Å²) in [5, 5.41) is 11.4. The monoisotopic (exact) mass is 220 g/mol. The van der Waals surface area contributed by atoms with Crippen molar-refractivity contribution in [2.75, 3.05) is 25.5 Å². The van der Waals surface area contributed by atoms with Crippen molar-refractivity contribution in [2.45, 2.75) is 32.2 Å². The number of hydrogen-bond donors (Lipinski definition) is 1. The molecule has 1 atom stereocenters. The first-order valence-electron chi connectivity index (χ1n) is 5.99. The number of nitrogens with zero attached hydrogens (tertiary/aromatic N) is 3. The van der Waals surface area contributed by atoms with Crippen LogP contribution in [0.2, 0.25) is 0 Å². The van der Waals surface area contributed by atoms with E-state index in [4.69, 9.17) is 0 Å². The number of aromatic nitrogens is 2. The first-order chi connectivity index (χ1) is 7.75. The molecule has 0 aromatic carbocycles. The second-order valence-electron chi connectivity index (χ2n) is 4.63. The van der Waals surface area contributed by atoms with Gasteiger partial charge in [0, 0.05) is 12.6 Å². The van der Waals surface area contributed by atoms with E-state index in [2.05, 4.69) is 27.5 Å². The van der Waals surface area contributed by atoms with Crippen molar-refractivity contribution >= 4 is 5.82 Å². The lowest BCUT2D eigenvalue weighted by molar-refractivity contribution is 0.194. The molecule has 0 spiro atoms. The number of hydrogen-bond acceptors (Lipinski definition) is 4. The molecule has 1 aliphatic rings. The van der Waals surface area contributed by atoms with Crippen LogP contribution in [0, 0.1) is 6.92 Å².